The number of carbonyl (C=O) groups excluding carboxylic acids is 1. The van der Waals surface area contributed by atoms with Gasteiger partial charge in [-0.1, -0.05) is 12.1 Å². The van der Waals surface area contributed by atoms with Crippen LogP contribution < -0.4 is 14.8 Å². The molecule has 7 nitrogen and oxygen atoms in total. The Balaban J connectivity index is 2.39. The Kier molecular flexibility index (Phi) is 8.23. The number of anilines is 1. The average molecular weight is 460 g/mol. The molecule has 172 valence electrons. The predicted octanol–water partition coefficient (Wildman–Crippen LogP) is 4.45. The van der Waals surface area contributed by atoms with Crippen LogP contribution in [-0.4, -0.2) is 30.7 Å². The zero-order valence-electron chi connectivity index (χ0n) is 17.4. The number of carboxylic acid groups (broad SMARTS) is 1. The Morgan fingerprint density at radius 3 is 2.58 bits per heavy atom. The zero-order chi connectivity index (χ0) is 24.6. The second kappa shape index (κ2) is 10.9. The fourth-order valence-corrected chi connectivity index (χ4v) is 2.81. The summed E-state index contributed by atoms with van der Waals surface area (Å²) in [5, 5.41) is 20.6. The summed E-state index contributed by atoms with van der Waals surface area (Å²) in [5.74, 6) is -1.77. The van der Waals surface area contributed by atoms with E-state index in [2.05, 4.69) is 11.9 Å². The molecule has 0 atom stereocenters. The molecule has 0 radical (unpaired) electrons. The summed E-state index contributed by atoms with van der Waals surface area (Å²) in [7, 11) is 1.33. The molecular weight excluding hydrogens is 441 g/mol. The number of carbonyl (C=O) groups is 2. The van der Waals surface area contributed by atoms with Crippen molar-refractivity contribution in [3.05, 3.63) is 71.3 Å². The molecule has 0 saturated heterocycles. The van der Waals surface area contributed by atoms with E-state index in [1.807, 2.05) is 0 Å². The van der Waals surface area contributed by atoms with E-state index in [-0.39, 0.29) is 29.2 Å². The van der Waals surface area contributed by atoms with E-state index in [1.165, 1.54) is 25.3 Å². The average Bonchev–Trinajstić information content (AvgIpc) is 2.75. The molecule has 0 aliphatic heterocycles. The van der Waals surface area contributed by atoms with Crippen LogP contribution in [0.1, 0.15) is 16.7 Å². The molecule has 0 aliphatic carbocycles. The quantitative estimate of drug-likeness (QED) is 0.325. The minimum absolute atomic E-state index is 0.127. The highest BCUT2D eigenvalue weighted by Gasteiger charge is 2.30. The van der Waals surface area contributed by atoms with E-state index in [9.17, 15) is 28.0 Å². The molecule has 33 heavy (non-hydrogen) atoms. The Labute approximate surface area is 187 Å². The van der Waals surface area contributed by atoms with Crippen LogP contribution in [0.4, 0.5) is 18.9 Å². The predicted molar refractivity (Wildman–Crippen MR) is 114 cm³/mol. The zero-order valence-corrected chi connectivity index (χ0v) is 17.4. The molecular formula is C23H19F3N2O5. The molecule has 0 heterocycles. The number of hydrogen-bond acceptors (Lipinski definition) is 5. The first kappa shape index (κ1) is 25.0. The molecule has 2 N–H and O–H groups in total. The smallest absolute Gasteiger partial charge is 0.416 e. The lowest BCUT2D eigenvalue weighted by Gasteiger charge is -2.15. The molecule has 1 amide bonds. The maximum atomic E-state index is 12.9. The fraction of sp³-hybridized carbons (Fsp3) is 0.174. The van der Waals surface area contributed by atoms with Gasteiger partial charge in [0.15, 0.2) is 18.1 Å². The molecule has 10 heteroatoms. The second-order valence-electron chi connectivity index (χ2n) is 6.59. The summed E-state index contributed by atoms with van der Waals surface area (Å²) < 4.78 is 49.2. The van der Waals surface area contributed by atoms with Gasteiger partial charge in [0.25, 0.3) is 5.91 Å². The lowest BCUT2D eigenvalue weighted by molar-refractivity contribution is -0.139. The van der Waals surface area contributed by atoms with E-state index in [4.69, 9.17) is 14.6 Å². The number of rotatable bonds is 9. The van der Waals surface area contributed by atoms with Gasteiger partial charge in [0.05, 0.1) is 12.7 Å². The molecule has 0 fully saturated rings. The summed E-state index contributed by atoms with van der Waals surface area (Å²) in [5.41, 5.74) is -0.607. The van der Waals surface area contributed by atoms with Gasteiger partial charge < -0.3 is 19.9 Å². The van der Waals surface area contributed by atoms with Crippen LogP contribution in [0.15, 0.2) is 54.6 Å². The number of benzene rings is 2. The molecule has 2 aromatic rings. The molecule has 0 unspecified atom stereocenters. The van der Waals surface area contributed by atoms with Gasteiger partial charge in [0.2, 0.25) is 0 Å². The normalized spacial score (nSPS) is 11.3. The largest absolute Gasteiger partial charge is 0.493 e. The van der Waals surface area contributed by atoms with Crippen LogP contribution in [0.25, 0.3) is 6.08 Å². The number of allylic oxidation sites excluding steroid dienone is 1. The standard InChI is InChI=1S/C23H19F3N2O5/c1-3-5-15-8-14(10-19(32-2)21(15)33-13-20(29)30)9-16(12-27)22(31)28-18-7-4-6-17(11-18)23(24,25)26/h3-4,6-11H,1,5,13H2,2H3,(H,28,31)(H,29,30)/b16-9+. The number of hydrogen-bond donors (Lipinski definition) is 2. The van der Waals surface area contributed by atoms with Crippen molar-refractivity contribution in [2.24, 2.45) is 0 Å². The van der Waals surface area contributed by atoms with Crippen LogP contribution in [0.5, 0.6) is 11.5 Å². The Hall–Kier alpha value is -4.26. The first-order valence-electron chi connectivity index (χ1n) is 9.35. The van der Waals surface area contributed by atoms with Crippen LogP contribution in [-0.2, 0) is 22.2 Å². The Bertz CT molecular complexity index is 1130. The van der Waals surface area contributed by atoms with E-state index in [0.717, 1.165) is 18.2 Å². The molecule has 0 saturated carbocycles. The van der Waals surface area contributed by atoms with Crippen molar-refractivity contribution in [3.8, 4) is 17.6 Å². The van der Waals surface area contributed by atoms with Gasteiger partial charge in [-0.3, -0.25) is 4.79 Å². The summed E-state index contributed by atoms with van der Waals surface area (Å²) in [6.45, 7) is 3.02. The first-order chi connectivity index (χ1) is 15.6. The van der Waals surface area contributed by atoms with Crippen molar-refractivity contribution in [2.75, 3.05) is 19.0 Å². The highest BCUT2D eigenvalue weighted by molar-refractivity contribution is 6.09. The molecule has 0 spiro atoms. The van der Waals surface area contributed by atoms with Crippen LogP contribution in [0.2, 0.25) is 0 Å². The summed E-state index contributed by atoms with van der Waals surface area (Å²) in [6, 6.07) is 8.71. The number of methoxy groups -OCH3 is 1. The van der Waals surface area contributed by atoms with Gasteiger partial charge in [-0.15, -0.1) is 6.58 Å². The van der Waals surface area contributed by atoms with Crippen molar-refractivity contribution in [2.45, 2.75) is 12.6 Å². The summed E-state index contributed by atoms with van der Waals surface area (Å²) in [4.78, 5) is 23.4. The van der Waals surface area contributed by atoms with Crippen LogP contribution in [0, 0.1) is 11.3 Å². The monoisotopic (exact) mass is 460 g/mol. The number of halogens is 3. The van der Waals surface area contributed by atoms with Gasteiger partial charge in [-0.25, -0.2) is 4.79 Å². The number of ether oxygens (including phenoxy) is 2. The van der Waals surface area contributed by atoms with Crippen molar-refractivity contribution in [1.29, 1.82) is 5.26 Å². The van der Waals surface area contributed by atoms with Gasteiger partial charge in [0, 0.05) is 11.3 Å². The van der Waals surface area contributed by atoms with Crippen molar-refractivity contribution < 1.29 is 37.3 Å². The molecule has 2 rings (SSSR count). The lowest BCUT2D eigenvalue weighted by Crippen LogP contribution is -2.14. The third kappa shape index (κ3) is 6.87. The molecule has 0 aliphatic rings. The number of nitriles is 1. The minimum atomic E-state index is -4.59. The second-order valence-corrected chi connectivity index (χ2v) is 6.59. The first-order valence-corrected chi connectivity index (χ1v) is 9.35. The van der Waals surface area contributed by atoms with Crippen LogP contribution >= 0.6 is 0 Å². The van der Waals surface area contributed by atoms with E-state index < -0.39 is 30.2 Å². The van der Waals surface area contributed by atoms with Gasteiger partial charge in [-0.05, 0) is 48.4 Å². The van der Waals surface area contributed by atoms with Gasteiger partial charge >= 0.3 is 12.1 Å². The van der Waals surface area contributed by atoms with Crippen molar-refractivity contribution >= 4 is 23.6 Å². The van der Waals surface area contributed by atoms with Gasteiger partial charge in [0.1, 0.15) is 11.6 Å². The minimum Gasteiger partial charge on any atom is -0.493 e. The van der Waals surface area contributed by atoms with Crippen molar-refractivity contribution in [1.82, 2.24) is 0 Å². The number of alkyl halides is 3. The molecule has 2 aromatic carbocycles. The number of nitrogens with one attached hydrogen (secondary N) is 1. The maximum absolute atomic E-state index is 12.9. The third-order valence-electron chi connectivity index (χ3n) is 4.20. The molecule has 0 aromatic heterocycles. The van der Waals surface area contributed by atoms with Crippen molar-refractivity contribution in [3.63, 3.8) is 0 Å². The number of carboxylic acids is 1. The third-order valence-corrected chi connectivity index (χ3v) is 4.20. The Morgan fingerprint density at radius 1 is 1.27 bits per heavy atom. The topological polar surface area (TPSA) is 109 Å². The maximum Gasteiger partial charge on any atom is 0.416 e. The number of amides is 1. The van der Waals surface area contributed by atoms with E-state index in [1.54, 1.807) is 18.2 Å². The highest BCUT2D eigenvalue weighted by atomic mass is 19.4. The van der Waals surface area contributed by atoms with E-state index in [0.29, 0.717) is 11.1 Å². The summed E-state index contributed by atoms with van der Waals surface area (Å²) in [6.07, 6.45) is -1.55. The highest BCUT2D eigenvalue weighted by Crippen LogP contribution is 2.34. The fourth-order valence-electron chi connectivity index (χ4n) is 2.81. The van der Waals surface area contributed by atoms with Crippen LogP contribution in [0.3, 0.4) is 0 Å². The summed E-state index contributed by atoms with van der Waals surface area (Å²) >= 11 is 0. The van der Waals surface area contributed by atoms with E-state index >= 15 is 0 Å². The number of nitrogens with zero attached hydrogens (tertiary/aromatic N) is 1. The molecule has 0 bridgehead atoms. The SMILES string of the molecule is C=CCc1cc(/C=C(\C#N)C(=O)Nc2cccc(C(F)(F)F)c2)cc(OC)c1OCC(=O)O. The van der Waals surface area contributed by atoms with Gasteiger partial charge in [-0.2, -0.15) is 18.4 Å². The number of aliphatic carboxylic acids is 1. The lowest BCUT2D eigenvalue weighted by atomic mass is 10.0. The Morgan fingerprint density at radius 2 is 2.00 bits per heavy atom.